The Bertz CT molecular complexity index is 2880. The summed E-state index contributed by atoms with van der Waals surface area (Å²) in [5.41, 5.74) is 20.2. The molecule has 0 aromatic carbocycles. The fourth-order valence-corrected chi connectivity index (χ4v) is 8.46. The van der Waals surface area contributed by atoms with Crippen LogP contribution in [0.5, 0.6) is 0 Å². The summed E-state index contributed by atoms with van der Waals surface area (Å²) in [7, 11) is 0. The second-order valence-electron chi connectivity index (χ2n) is 19.5. The molecule has 0 aliphatic carbocycles. The van der Waals surface area contributed by atoms with E-state index in [4.69, 9.17) is 17.2 Å². The van der Waals surface area contributed by atoms with Crippen molar-refractivity contribution in [3.8, 4) is 11.4 Å². The van der Waals surface area contributed by atoms with E-state index in [1.165, 1.54) is 25.0 Å². The van der Waals surface area contributed by atoms with Crippen LogP contribution in [-0.4, -0.2) is 178 Å². The van der Waals surface area contributed by atoms with Gasteiger partial charge in [-0.05, 0) is 90.0 Å². The number of carboxylic acid groups (broad SMARTS) is 3. The molecule has 0 aliphatic rings. The molecule has 7 unspecified atom stereocenters. The lowest BCUT2D eigenvalue weighted by Gasteiger charge is -2.27. The number of nitrogens with two attached hydrogens (primary N) is 3. The van der Waals surface area contributed by atoms with Gasteiger partial charge in [-0.3, -0.25) is 52.9 Å². The summed E-state index contributed by atoms with van der Waals surface area (Å²) in [5, 5.41) is 49.4. The first-order valence-corrected chi connectivity index (χ1v) is 26.5. The minimum absolute atomic E-state index is 0.00147. The Labute approximate surface area is 475 Å². The lowest BCUT2D eigenvalue weighted by Crippen LogP contribution is -2.60. The summed E-state index contributed by atoms with van der Waals surface area (Å²) in [6.45, 7) is 5.12. The van der Waals surface area contributed by atoms with Gasteiger partial charge in [-0.2, -0.15) is 0 Å². The molecule has 452 valence electrons. The van der Waals surface area contributed by atoms with Gasteiger partial charge in [0.2, 0.25) is 41.4 Å². The van der Waals surface area contributed by atoms with E-state index in [0.717, 1.165) is 18.3 Å². The average Bonchev–Trinajstić information content (AvgIpc) is 4.35. The number of rotatable bonds is 37. The number of H-pyrrole nitrogens is 4. The molecular weight excluding hydrogens is 1090 g/mol. The normalized spacial score (nSPS) is 13.5. The topological polar surface area (TPSA) is 524 Å². The molecule has 83 heavy (non-hydrogen) atoms. The quantitative estimate of drug-likeness (QED) is 0.0122. The second kappa shape index (κ2) is 33.2. The molecule has 0 fully saturated rings. The largest absolute Gasteiger partial charge is 0.481 e. The predicted octanol–water partition coefficient (Wildman–Crippen LogP) is -2.91. The van der Waals surface area contributed by atoms with Gasteiger partial charge in [0.05, 0.1) is 42.4 Å². The Morgan fingerprint density at radius 1 is 0.578 bits per heavy atom. The van der Waals surface area contributed by atoms with Gasteiger partial charge in [0.25, 0.3) is 5.91 Å². The van der Waals surface area contributed by atoms with Crippen LogP contribution in [-0.2, 0) is 60.8 Å². The maximum atomic E-state index is 14.4. The SMILES string of the molecule is CC(=O)NC(CCCN=C(N)N)C(=O)NC(Cc1cnc[nH]1)C(=O)NC(CC(=O)O)C(=O)NC(CCCCNC(=O)c1cc(-c2ccc(C)[nH]2)[nH]c1C)C(=O)NC(CC(=O)O)C(=O)NC(Cc1cnc[nH]1)C(=O)NC(CCCCN)C(=O)O. The molecule has 0 radical (unpaired) electrons. The molecule has 0 saturated heterocycles. The monoisotopic (exact) mass is 1160 g/mol. The number of carboxylic acids is 3. The Morgan fingerprint density at radius 3 is 1.52 bits per heavy atom. The number of imidazole rings is 2. The number of hydrogen-bond donors (Lipinski definition) is 18. The van der Waals surface area contributed by atoms with Crippen LogP contribution < -0.4 is 59.7 Å². The molecule has 32 nitrogen and oxygen atoms in total. The fraction of sp³-hybridized carbons (Fsp3) is 0.490. The lowest BCUT2D eigenvalue weighted by molar-refractivity contribution is -0.143. The highest BCUT2D eigenvalue weighted by atomic mass is 16.4. The average molecular weight is 1160 g/mol. The van der Waals surface area contributed by atoms with Crippen molar-refractivity contribution in [1.82, 2.24) is 72.4 Å². The van der Waals surface area contributed by atoms with Gasteiger partial charge in [0.1, 0.15) is 42.3 Å². The standard InChI is InChI=1S/C51H74N18O14/c1-26-12-13-32(61-26)36-19-31(27(2)62-36)43(75)57-15-7-5-9-34(45(77)68-40(21-42(73)74)49(81)67-37(17-29-22-55-24-59-29)46(78)65-35(50(82)83)10-4-6-14-52)64-48(80)39(20-41(71)72)69-47(79)38(18-30-23-56-25-60-30)66-44(76)33(63-28(3)70)11-8-16-58-51(53)54/h12-13,19,22-25,33-35,37-40,61-62H,4-11,14-18,20-21,52H2,1-3H3,(H,55,59)(H,56,60)(H,57,75)(H,63,70)(H,64,80)(H,65,78)(H,66,76)(H,67,81)(H,68,77)(H,69,79)(H,71,72)(H,73,74)(H,82,83)(H4,53,54,58). The van der Waals surface area contributed by atoms with E-state index in [-0.39, 0.29) is 77.0 Å². The van der Waals surface area contributed by atoms with Gasteiger partial charge in [0.15, 0.2) is 5.96 Å². The highest BCUT2D eigenvalue weighted by Crippen LogP contribution is 2.21. The van der Waals surface area contributed by atoms with Gasteiger partial charge in [-0.1, -0.05) is 0 Å². The Hall–Kier alpha value is -9.62. The first-order valence-electron chi connectivity index (χ1n) is 26.5. The van der Waals surface area contributed by atoms with Crippen LogP contribution in [0.25, 0.3) is 11.4 Å². The number of nitrogens with zero attached hydrogens (tertiary/aromatic N) is 3. The minimum atomic E-state index is -1.98. The summed E-state index contributed by atoms with van der Waals surface area (Å²) in [4.78, 5) is 170. The van der Waals surface area contributed by atoms with Crippen molar-refractivity contribution in [2.45, 2.75) is 140 Å². The second-order valence-corrected chi connectivity index (χ2v) is 19.5. The van der Waals surface area contributed by atoms with Gasteiger partial charge in [0, 0.05) is 68.0 Å². The lowest BCUT2D eigenvalue weighted by atomic mass is 10.0. The number of unbranched alkanes of at least 4 members (excludes halogenated alkanes) is 2. The Morgan fingerprint density at radius 2 is 1.05 bits per heavy atom. The highest BCUT2D eigenvalue weighted by Gasteiger charge is 2.36. The van der Waals surface area contributed by atoms with Gasteiger partial charge >= 0.3 is 17.9 Å². The number of carbonyl (C=O) groups excluding carboxylic acids is 8. The summed E-state index contributed by atoms with van der Waals surface area (Å²) < 4.78 is 0. The Balaban J connectivity index is 1.62. The molecule has 4 heterocycles. The van der Waals surface area contributed by atoms with Crippen molar-refractivity contribution in [3.05, 3.63) is 71.6 Å². The maximum absolute atomic E-state index is 14.4. The summed E-state index contributed by atoms with van der Waals surface area (Å²) in [6, 6.07) is -6.06. The smallest absolute Gasteiger partial charge is 0.326 e. The number of nitrogens with one attached hydrogen (secondary N) is 12. The van der Waals surface area contributed by atoms with Crippen molar-refractivity contribution < 1.29 is 68.1 Å². The molecule has 8 amide bonds. The number of carbonyl (C=O) groups is 11. The molecule has 0 aliphatic heterocycles. The van der Waals surface area contributed by atoms with Crippen LogP contribution in [0, 0.1) is 13.8 Å². The van der Waals surface area contributed by atoms with E-state index in [2.05, 4.69) is 77.4 Å². The molecule has 7 atom stereocenters. The molecule has 4 aromatic rings. The predicted molar refractivity (Wildman–Crippen MR) is 295 cm³/mol. The highest BCUT2D eigenvalue weighted by molar-refractivity contribution is 5.99. The summed E-state index contributed by atoms with van der Waals surface area (Å²) in [5.74, 6) is -12.5. The van der Waals surface area contributed by atoms with Gasteiger partial charge in [-0.15, -0.1) is 0 Å². The van der Waals surface area contributed by atoms with Crippen LogP contribution >= 0.6 is 0 Å². The van der Waals surface area contributed by atoms with Crippen molar-refractivity contribution in [2.75, 3.05) is 19.6 Å². The number of aromatic amines is 4. The van der Waals surface area contributed by atoms with Crippen molar-refractivity contribution in [1.29, 1.82) is 0 Å². The number of aliphatic imine (C=N–C) groups is 1. The third kappa shape index (κ3) is 22.8. The fourth-order valence-electron chi connectivity index (χ4n) is 8.46. The number of amides is 8. The van der Waals surface area contributed by atoms with E-state index >= 15 is 0 Å². The molecule has 4 aromatic heterocycles. The van der Waals surface area contributed by atoms with Gasteiger partial charge < -0.3 is 95.0 Å². The van der Waals surface area contributed by atoms with E-state index in [9.17, 15) is 68.1 Å². The molecule has 0 saturated carbocycles. The number of aromatic nitrogens is 6. The maximum Gasteiger partial charge on any atom is 0.326 e. The zero-order valence-electron chi connectivity index (χ0n) is 46.1. The molecule has 21 N–H and O–H groups in total. The molecule has 4 rings (SSSR count). The van der Waals surface area contributed by atoms with Crippen LogP contribution in [0.1, 0.15) is 104 Å². The summed E-state index contributed by atoms with van der Waals surface area (Å²) >= 11 is 0. The Kier molecular flexibility index (Phi) is 26.4. The van der Waals surface area contributed by atoms with Crippen molar-refractivity contribution in [2.24, 2.45) is 22.2 Å². The van der Waals surface area contributed by atoms with Crippen LogP contribution in [0.3, 0.4) is 0 Å². The van der Waals surface area contributed by atoms with Crippen LogP contribution in [0.2, 0.25) is 0 Å². The minimum Gasteiger partial charge on any atom is -0.481 e. The van der Waals surface area contributed by atoms with Gasteiger partial charge in [-0.25, -0.2) is 14.8 Å². The van der Waals surface area contributed by atoms with Crippen LogP contribution in [0.4, 0.5) is 0 Å². The van der Waals surface area contributed by atoms with Crippen molar-refractivity contribution in [3.63, 3.8) is 0 Å². The van der Waals surface area contributed by atoms with Crippen molar-refractivity contribution >= 4 is 71.1 Å². The van der Waals surface area contributed by atoms with E-state index < -0.39 is 120 Å². The molecular formula is C51H74N18O14. The number of aryl methyl sites for hydroxylation is 2. The summed E-state index contributed by atoms with van der Waals surface area (Å²) in [6.07, 6.45) is 3.25. The first-order chi connectivity index (χ1) is 39.4. The zero-order valence-corrected chi connectivity index (χ0v) is 46.1. The first kappa shape index (κ1) is 65.9. The number of hydrogen-bond acceptors (Lipinski definition) is 15. The third-order valence-electron chi connectivity index (χ3n) is 12.7. The van der Waals surface area contributed by atoms with E-state index in [1.54, 1.807) is 13.0 Å². The number of guanidine groups is 1. The number of aliphatic carboxylic acids is 3. The molecule has 0 bridgehead atoms. The molecule has 32 heteroatoms. The zero-order chi connectivity index (χ0) is 61.2. The third-order valence-corrected chi connectivity index (χ3v) is 12.7. The molecule has 0 spiro atoms. The van der Waals surface area contributed by atoms with Crippen LogP contribution in [0.15, 0.2) is 48.2 Å². The van der Waals surface area contributed by atoms with E-state index in [0.29, 0.717) is 41.2 Å². The van der Waals surface area contributed by atoms with E-state index in [1.807, 2.05) is 19.1 Å².